The van der Waals surface area contributed by atoms with Crippen LogP contribution >= 0.6 is 15.9 Å². The molecular weight excluding hydrogens is 310 g/mol. The van der Waals surface area contributed by atoms with Gasteiger partial charge in [0.05, 0.1) is 5.69 Å². The largest absolute Gasteiger partial charge is 0.475 e. The molecule has 0 atom stereocenters. The van der Waals surface area contributed by atoms with Crippen molar-refractivity contribution in [3.05, 3.63) is 40.2 Å². The molecule has 5 heteroatoms. The van der Waals surface area contributed by atoms with Crippen molar-refractivity contribution >= 4 is 21.9 Å². The molecule has 1 N–H and O–H groups in total. The van der Waals surface area contributed by atoms with Gasteiger partial charge in [-0.2, -0.15) is 0 Å². The Morgan fingerprint density at radius 1 is 1.47 bits per heavy atom. The number of oxazole rings is 1. The van der Waals surface area contributed by atoms with Crippen LogP contribution in [0.2, 0.25) is 0 Å². The topological polar surface area (TPSA) is 63.3 Å². The fraction of sp³-hybridized carbons (Fsp3) is 0.286. The van der Waals surface area contributed by atoms with Crippen LogP contribution in [0.3, 0.4) is 0 Å². The van der Waals surface area contributed by atoms with Crippen LogP contribution in [-0.2, 0) is 6.42 Å². The maximum absolute atomic E-state index is 11.2. The SMILES string of the molecule is CC(C)Cc1nc(-c2cccc(Br)c2)oc1C(=O)O. The first-order valence-corrected chi connectivity index (χ1v) is 6.75. The molecule has 0 unspecified atom stereocenters. The Morgan fingerprint density at radius 2 is 2.21 bits per heavy atom. The number of hydrogen-bond acceptors (Lipinski definition) is 3. The van der Waals surface area contributed by atoms with E-state index in [2.05, 4.69) is 20.9 Å². The lowest BCUT2D eigenvalue weighted by Crippen LogP contribution is -2.03. The van der Waals surface area contributed by atoms with E-state index in [0.29, 0.717) is 23.9 Å². The van der Waals surface area contributed by atoms with Crippen molar-refractivity contribution in [3.63, 3.8) is 0 Å². The van der Waals surface area contributed by atoms with Crippen LogP contribution in [0.15, 0.2) is 33.2 Å². The first-order valence-electron chi connectivity index (χ1n) is 5.96. The third-order valence-corrected chi connectivity index (χ3v) is 3.06. The number of halogens is 1. The van der Waals surface area contributed by atoms with Crippen LogP contribution in [-0.4, -0.2) is 16.1 Å². The lowest BCUT2D eigenvalue weighted by atomic mass is 10.1. The summed E-state index contributed by atoms with van der Waals surface area (Å²) < 4.78 is 6.28. The van der Waals surface area contributed by atoms with Crippen LogP contribution in [0.1, 0.15) is 30.1 Å². The van der Waals surface area contributed by atoms with Crippen molar-refractivity contribution in [2.75, 3.05) is 0 Å². The van der Waals surface area contributed by atoms with E-state index in [4.69, 9.17) is 9.52 Å². The molecule has 0 aliphatic rings. The Kier molecular flexibility index (Phi) is 4.04. The van der Waals surface area contributed by atoms with E-state index in [9.17, 15) is 4.79 Å². The summed E-state index contributed by atoms with van der Waals surface area (Å²) in [6, 6.07) is 7.42. The predicted molar refractivity (Wildman–Crippen MR) is 75.1 cm³/mol. The molecule has 0 aliphatic carbocycles. The monoisotopic (exact) mass is 323 g/mol. The normalized spacial score (nSPS) is 10.9. The maximum Gasteiger partial charge on any atom is 0.373 e. The lowest BCUT2D eigenvalue weighted by molar-refractivity contribution is 0.0661. The number of carboxylic acid groups (broad SMARTS) is 1. The second-order valence-corrected chi connectivity index (χ2v) is 5.62. The molecule has 1 aromatic carbocycles. The number of aromatic carboxylic acids is 1. The Morgan fingerprint density at radius 3 is 2.79 bits per heavy atom. The molecule has 19 heavy (non-hydrogen) atoms. The summed E-state index contributed by atoms with van der Waals surface area (Å²) in [6.45, 7) is 4.03. The fourth-order valence-corrected chi connectivity index (χ4v) is 2.19. The van der Waals surface area contributed by atoms with E-state index >= 15 is 0 Å². The van der Waals surface area contributed by atoms with Gasteiger partial charge in [-0.3, -0.25) is 0 Å². The molecule has 0 amide bonds. The fourth-order valence-electron chi connectivity index (χ4n) is 1.79. The Bertz CT molecular complexity index is 604. The van der Waals surface area contributed by atoms with Gasteiger partial charge >= 0.3 is 5.97 Å². The van der Waals surface area contributed by atoms with Gasteiger partial charge < -0.3 is 9.52 Å². The highest BCUT2D eigenvalue weighted by Gasteiger charge is 2.20. The summed E-state index contributed by atoms with van der Waals surface area (Å²) in [5.41, 5.74) is 1.25. The van der Waals surface area contributed by atoms with E-state index in [1.165, 1.54) is 0 Å². The van der Waals surface area contributed by atoms with Gasteiger partial charge in [0, 0.05) is 10.0 Å². The van der Waals surface area contributed by atoms with Gasteiger partial charge in [-0.25, -0.2) is 9.78 Å². The summed E-state index contributed by atoms with van der Waals surface area (Å²) in [6.07, 6.45) is 0.582. The highest BCUT2D eigenvalue weighted by molar-refractivity contribution is 9.10. The van der Waals surface area contributed by atoms with Crippen molar-refractivity contribution in [2.24, 2.45) is 5.92 Å². The third-order valence-electron chi connectivity index (χ3n) is 2.56. The Balaban J connectivity index is 2.45. The van der Waals surface area contributed by atoms with E-state index in [1.807, 2.05) is 38.1 Å². The van der Waals surface area contributed by atoms with E-state index in [1.54, 1.807) is 0 Å². The van der Waals surface area contributed by atoms with Crippen molar-refractivity contribution in [1.82, 2.24) is 4.98 Å². The first kappa shape index (κ1) is 13.8. The average molecular weight is 324 g/mol. The second kappa shape index (κ2) is 5.57. The zero-order valence-corrected chi connectivity index (χ0v) is 12.3. The zero-order valence-electron chi connectivity index (χ0n) is 10.7. The number of nitrogens with zero attached hydrogens (tertiary/aromatic N) is 1. The van der Waals surface area contributed by atoms with Crippen LogP contribution < -0.4 is 0 Å². The summed E-state index contributed by atoms with van der Waals surface area (Å²) in [5, 5.41) is 9.15. The van der Waals surface area contributed by atoms with Gasteiger partial charge in [0.15, 0.2) is 0 Å². The third kappa shape index (κ3) is 3.23. The highest BCUT2D eigenvalue weighted by atomic mass is 79.9. The molecule has 0 saturated heterocycles. The average Bonchev–Trinajstić information content (AvgIpc) is 2.72. The van der Waals surface area contributed by atoms with Gasteiger partial charge in [0.2, 0.25) is 11.7 Å². The lowest BCUT2D eigenvalue weighted by Gasteiger charge is -2.00. The molecule has 4 nitrogen and oxygen atoms in total. The standard InChI is InChI=1S/C14H14BrNO3/c1-8(2)6-11-12(14(17)18)19-13(16-11)9-4-3-5-10(15)7-9/h3-5,7-8H,6H2,1-2H3,(H,17,18). The first-order chi connectivity index (χ1) is 8.97. The zero-order chi connectivity index (χ0) is 14.0. The maximum atomic E-state index is 11.2. The summed E-state index contributed by atoms with van der Waals surface area (Å²) in [4.78, 5) is 15.5. The molecule has 100 valence electrons. The summed E-state index contributed by atoms with van der Waals surface area (Å²) >= 11 is 3.37. The minimum absolute atomic E-state index is 0.0660. The van der Waals surface area contributed by atoms with E-state index in [-0.39, 0.29) is 5.76 Å². The van der Waals surface area contributed by atoms with Crippen molar-refractivity contribution in [3.8, 4) is 11.5 Å². The molecule has 2 rings (SSSR count). The van der Waals surface area contributed by atoms with Crippen molar-refractivity contribution < 1.29 is 14.3 Å². The number of rotatable bonds is 4. The van der Waals surface area contributed by atoms with Gasteiger partial charge in [0.25, 0.3) is 0 Å². The minimum atomic E-state index is -1.08. The van der Waals surface area contributed by atoms with Crippen LogP contribution in [0, 0.1) is 5.92 Å². The molecule has 1 heterocycles. The van der Waals surface area contributed by atoms with Crippen LogP contribution in [0.5, 0.6) is 0 Å². The highest BCUT2D eigenvalue weighted by Crippen LogP contribution is 2.26. The molecule has 0 aliphatic heterocycles. The smallest absolute Gasteiger partial charge is 0.373 e. The minimum Gasteiger partial charge on any atom is -0.475 e. The number of hydrogen-bond donors (Lipinski definition) is 1. The van der Waals surface area contributed by atoms with E-state index < -0.39 is 5.97 Å². The van der Waals surface area contributed by atoms with Gasteiger partial charge in [-0.1, -0.05) is 35.8 Å². The number of aromatic nitrogens is 1. The summed E-state index contributed by atoms with van der Waals surface area (Å²) in [7, 11) is 0. The number of benzene rings is 1. The van der Waals surface area contributed by atoms with Gasteiger partial charge in [-0.15, -0.1) is 0 Å². The quantitative estimate of drug-likeness (QED) is 0.923. The molecule has 1 aromatic heterocycles. The second-order valence-electron chi connectivity index (χ2n) is 4.71. The van der Waals surface area contributed by atoms with Crippen molar-refractivity contribution in [1.29, 1.82) is 0 Å². The molecule has 0 fully saturated rings. The van der Waals surface area contributed by atoms with Crippen LogP contribution in [0.4, 0.5) is 0 Å². The molecule has 2 aromatic rings. The van der Waals surface area contributed by atoms with Gasteiger partial charge in [-0.05, 0) is 30.5 Å². The Labute approximate surface area is 119 Å². The van der Waals surface area contributed by atoms with Gasteiger partial charge in [0.1, 0.15) is 0 Å². The summed E-state index contributed by atoms with van der Waals surface area (Å²) in [5.74, 6) is -0.485. The molecule has 0 bridgehead atoms. The number of carbonyl (C=O) groups is 1. The predicted octanol–water partition coefficient (Wildman–Crippen LogP) is 4.00. The van der Waals surface area contributed by atoms with Crippen molar-refractivity contribution in [2.45, 2.75) is 20.3 Å². The molecule has 0 saturated carbocycles. The molecular formula is C14H14BrNO3. The number of carboxylic acids is 1. The molecule has 0 spiro atoms. The van der Waals surface area contributed by atoms with Crippen LogP contribution in [0.25, 0.3) is 11.5 Å². The Hall–Kier alpha value is -1.62. The van der Waals surface area contributed by atoms with E-state index in [0.717, 1.165) is 10.0 Å². The molecule has 0 radical (unpaired) electrons.